The molecule has 1 saturated heterocycles. The standard InChI is InChI=1S/C13H21FN2O5S/c1-13(2,3)21-12(19)16-11-15-8-7(14)9(18)6(4-5-17)20-10(8)22-11/h6-10,17-18H,4-5H2,1-3H3,(H,15,16,19)/t6-,7-,8-,9-,10-/m1/s1. The van der Waals surface area contributed by atoms with Crippen LogP contribution in [0.25, 0.3) is 0 Å². The molecule has 0 spiro atoms. The third kappa shape index (κ3) is 4.09. The molecular formula is C13H21FN2O5S. The molecule has 3 N–H and O–H groups in total. The molecule has 1 fully saturated rings. The maximum atomic E-state index is 14.2. The lowest BCUT2D eigenvalue weighted by atomic mass is 9.98. The highest BCUT2D eigenvalue weighted by Crippen LogP contribution is 2.37. The van der Waals surface area contributed by atoms with Crippen LogP contribution in [0.5, 0.6) is 0 Å². The van der Waals surface area contributed by atoms with Crippen molar-refractivity contribution >= 4 is 23.0 Å². The Hall–Kier alpha value is -0.900. The highest BCUT2D eigenvalue weighted by molar-refractivity contribution is 8.14. The van der Waals surface area contributed by atoms with Gasteiger partial charge in [-0.3, -0.25) is 10.3 Å². The van der Waals surface area contributed by atoms with Crippen molar-refractivity contribution < 1.29 is 28.9 Å². The number of aliphatic hydroxyl groups excluding tert-OH is 2. The molecule has 22 heavy (non-hydrogen) atoms. The van der Waals surface area contributed by atoms with Crippen LogP contribution >= 0.6 is 11.8 Å². The van der Waals surface area contributed by atoms with E-state index < -0.39 is 41.6 Å². The molecule has 0 bridgehead atoms. The summed E-state index contributed by atoms with van der Waals surface area (Å²) in [6, 6.07) is -0.889. The molecule has 2 aliphatic rings. The first-order valence-corrected chi connectivity index (χ1v) is 7.92. The van der Waals surface area contributed by atoms with Gasteiger partial charge in [0.05, 0.1) is 6.10 Å². The predicted molar refractivity (Wildman–Crippen MR) is 79.5 cm³/mol. The molecule has 1 amide bonds. The van der Waals surface area contributed by atoms with E-state index in [0.29, 0.717) is 0 Å². The van der Waals surface area contributed by atoms with Crippen molar-refractivity contribution in [3.63, 3.8) is 0 Å². The molecule has 0 aromatic rings. The Balaban J connectivity index is 1.98. The monoisotopic (exact) mass is 336 g/mol. The average Bonchev–Trinajstić information content (AvgIpc) is 2.76. The summed E-state index contributed by atoms with van der Waals surface area (Å²) in [5.41, 5.74) is -1.29. The van der Waals surface area contributed by atoms with Gasteiger partial charge in [0.25, 0.3) is 0 Å². The lowest BCUT2D eigenvalue weighted by Gasteiger charge is -2.36. The van der Waals surface area contributed by atoms with Crippen molar-refractivity contribution in [1.82, 2.24) is 5.32 Å². The van der Waals surface area contributed by atoms with Gasteiger partial charge in [0.15, 0.2) is 11.3 Å². The fourth-order valence-corrected chi connectivity index (χ4v) is 3.31. The predicted octanol–water partition coefficient (Wildman–Crippen LogP) is 0.789. The van der Waals surface area contributed by atoms with Gasteiger partial charge in [0.1, 0.15) is 23.2 Å². The number of hydrogen-bond donors (Lipinski definition) is 3. The summed E-state index contributed by atoms with van der Waals surface area (Å²) in [6.45, 7) is 4.98. The molecule has 9 heteroatoms. The number of alkyl carbamates (subject to hydrolysis) is 1. The number of aliphatic hydroxyl groups is 2. The van der Waals surface area contributed by atoms with E-state index >= 15 is 0 Å². The number of nitrogens with one attached hydrogen (secondary N) is 1. The maximum Gasteiger partial charge on any atom is 0.413 e. The SMILES string of the molecule is CC(C)(C)OC(=O)NC1=N[C@@H]2[C@@H](F)[C@H](O)[C@@H](CCO)O[C@@H]2S1. The van der Waals surface area contributed by atoms with Crippen LogP contribution in [0.3, 0.4) is 0 Å². The van der Waals surface area contributed by atoms with Crippen LogP contribution in [0, 0.1) is 0 Å². The second-order valence-electron chi connectivity index (χ2n) is 6.16. The van der Waals surface area contributed by atoms with Crippen LogP contribution in [-0.4, -0.2) is 63.5 Å². The van der Waals surface area contributed by atoms with Crippen molar-refractivity contribution in [2.24, 2.45) is 4.99 Å². The molecule has 0 aromatic heterocycles. The minimum absolute atomic E-state index is 0.139. The van der Waals surface area contributed by atoms with Gasteiger partial charge >= 0.3 is 6.09 Å². The number of carbonyl (C=O) groups is 1. The number of nitrogens with zero attached hydrogens (tertiary/aromatic N) is 1. The van der Waals surface area contributed by atoms with Crippen LogP contribution in [0.4, 0.5) is 9.18 Å². The van der Waals surface area contributed by atoms with E-state index in [-0.39, 0.29) is 18.2 Å². The molecule has 2 rings (SSSR count). The van der Waals surface area contributed by atoms with E-state index in [4.69, 9.17) is 14.6 Å². The molecule has 5 atom stereocenters. The largest absolute Gasteiger partial charge is 0.444 e. The zero-order valence-electron chi connectivity index (χ0n) is 12.7. The third-order valence-electron chi connectivity index (χ3n) is 3.14. The Morgan fingerprint density at radius 1 is 1.55 bits per heavy atom. The van der Waals surface area contributed by atoms with Gasteiger partial charge in [-0.2, -0.15) is 0 Å². The quantitative estimate of drug-likeness (QED) is 0.689. The fourth-order valence-electron chi connectivity index (χ4n) is 2.21. The second kappa shape index (κ2) is 6.69. The first-order valence-electron chi connectivity index (χ1n) is 7.04. The van der Waals surface area contributed by atoms with Gasteiger partial charge in [0.2, 0.25) is 0 Å². The number of aliphatic imine (C=N–C) groups is 1. The van der Waals surface area contributed by atoms with Gasteiger partial charge in [-0.05, 0) is 27.2 Å². The van der Waals surface area contributed by atoms with Gasteiger partial charge in [0, 0.05) is 6.61 Å². The van der Waals surface area contributed by atoms with E-state index in [9.17, 15) is 14.3 Å². The number of ether oxygens (including phenoxy) is 2. The number of thioether (sulfide) groups is 1. The summed E-state index contributed by atoms with van der Waals surface area (Å²) in [5, 5.41) is 21.4. The van der Waals surface area contributed by atoms with E-state index in [1.54, 1.807) is 20.8 Å². The number of amides is 1. The zero-order chi connectivity index (χ0) is 16.5. The summed E-state index contributed by atoms with van der Waals surface area (Å²) in [6.07, 6.45) is -4.29. The zero-order valence-corrected chi connectivity index (χ0v) is 13.5. The van der Waals surface area contributed by atoms with E-state index in [0.717, 1.165) is 11.8 Å². The summed E-state index contributed by atoms with van der Waals surface area (Å²) in [4.78, 5) is 15.7. The number of alkyl halides is 1. The van der Waals surface area contributed by atoms with Crippen molar-refractivity contribution in [3.8, 4) is 0 Å². The lowest BCUT2D eigenvalue weighted by molar-refractivity contribution is -0.136. The van der Waals surface area contributed by atoms with E-state index in [1.165, 1.54) is 0 Å². The normalized spacial score (nSPS) is 34.8. The lowest BCUT2D eigenvalue weighted by Crippen LogP contribution is -2.52. The highest BCUT2D eigenvalue weighted by atomic mass is 32.2. The topological polar surface area (TPSA) is 100 Å². The fraction of sp³-hybridized carbons (Fsp3) is 0.846. The maximum absolute atomic E-state index is 14.2. The number of fused-ring (bicyclic) bond motifs is 1. The van der Waals surface area contributed by atoms with Crippen molar-refractivity contribution in [2.45, 2.75) is 62.7 Å². The number of hydrogen-bond acceptors (Lipinski definition) is 7. The van der Waals surface area contributed by atoms with Crippen LogP contribution in [0.15, 0.2) is 4.99 Å². The minimum Gasteiger partial charge on any atom is -0.444 e. The van der Waals surface area contributed by atoms with Crippen molar-refractivity contribution in [2.75, 3.05) is 6.61 Å². The van der Waals surface area contributed by atoms with Crippen LogP contribution in [0.1, 0.15) is 27.2 Å². The summed E-state index contributed by atoms with van der Waals surface area (Å²) in [5.74, 6) is 0. The Labute approximate surface area is 132 Å². The molecule has 0 aromatic carbocycles. The van der Waals surface area contributed by atoms with Gasteiger partial charge < -0.3 is 19.7 Å². The van der Waals surface area contributed by atoms with Crippen molar-refractivity contribution in [1.29, 1.82) is 0 Å². The average molecular weight is 336 g/mol. The molecule has 0 radical (unpaired) electrons. The number of rotatable bonds is 2. The molecule has 0 unspecified atom stereocenters. The van der Waals surface area contributed by atoms with Crippen LogP contribution in [-0.2, 0) is 9.47 Å². The first-order chi connectivity index (χ1) is 10.2. The van der Waals surface area contributed by atoms with E-state index in [2.05, 4.69) is 10.3 Å². The Bertz CT molecular complexity index is 456. The summed E-state index contributed by atoms with van der Waals surface area (Å²) in [7, 11) is 0. The van der Waals surface area contributed by atoms with Crippen LogP contribution < -0.4 is 5.32 Å². The second-order valence-corrected chi connectivity index (χ2v) is 7.25. The van der Waals surface area contributed by atoms with Gasteiger partial charge in [-0.15, -0.1) is 0 Å². The first kappa shape index (κ1) is 17.5. The minimum atomic E-state index is -1.61. The van der Waals surface area contributed by atoms with Crippen molar-refractivity contribution in [3.05, 3.63) is 0 Å². The number of carbonyl (C=O) groups excluding carboxylic acids is 1. The molecular weight excluding hydrogens is 315 g/mol. The molecule has 2 aliphatic heterocycles. The molecule has 0 saturated carbocycles. The van der Waals surface area contributed by atoms with Gasteiger partial charge in [-0.1, -0.05) is 11.8 Å². The molecule has 0 aliphatic carbocycles. The Morgan fingerprint density at radius 2 is 2.23 bits per heavy atom. The summed E-state index contributed by atoms with van der Waals surface area (Å²) < 4.78 is 24.9. The summed E-state index contributed by atoms with van der Waals surface area (Å²) >= 11 is 1.07. The number of amidine groups is 1. The number of halogens is 1. The highest BCUT2D eigenvalue weighted by Gasteiger charge is 2.49. The molecule has 2 heterocycles. The van der Waals surface area contributed by atoms with Gasteiger partial charge in [-0.25, -0.2) is 9.18 Å². The van der Waals surface area contributed by atoms with Crippen LogP contribution in [0.2, 0.25) is 0 Å². The Morgan fingerprint density at radius 3 is 2.82 bits per heavy atom. The third-order valence-corrected chi connectivity index (χ3v) is 4.19. The smallest absolute Gasteiger partial charge is 0.413 e. The molecule has 7 nitrogen and oxygen atoms in total. The Kier molecular flexibility index (Phi) is 5.31. The van der Waals surface area contributed by atoms with E-state index in [1.807, 2.05) is 0 Å². The molecule has 126 valence electrons.